The predicted molar refractivity (Wildman–Crippen MR) is 114 cm³/mol. The molecule has 0 saturated heterocycles. The highest BCUT2D eigenvalue weighted by Gasteiger charge is 2.21. The van der Waals surface area contributed by atoms with Crippen molar-refractivity contribution in [2.45, 2.75) is 26.4 Å². The summed E-state index contributed by atoms with van der Waals surface area (Å²) in [6, 6.07) is 10.8. The van der Waals surface area contributed by atoms with Gasteiger partial charge in [0.1, 0.15) is 0 Å². The van der Waals surface area contributed by atoms with Crippen molar-refractivity contribution < 1.29 is 19.1 Å². The van der Waals surface area contributed by atoms with Gasteiger partial charge in [-0.15, -0.1) is 0 Å². The van der Waals surface area contributed by atoms with E-state index >= 15 is 0 Å². The molecule has 154 valence electrons. The van der Waals surface area contributed by atoms with Crippen molar-refractivity contribution in [1.82, 2.24) is 10.2 Å². The standard InChI is InChI=1S/C21H24BrN3O4/c1-13-8-16(22)5-6-17(13)24-20(26)11-25(3)14(2)21(27)23-10-15-4-7-18-19(9-15)29-12-28-18/h4-9,14H,10-12H2,1-3H3,(H,23,27)(H,24,26). The maximum Gasteiger partial charge on any atom is 0.238 e. The van der Waals surface area contributed by atoms with Gasteiger partial charge in [-0.2, -0.15) is 0 Å². The Hall–Kier alpha value is -2.58. The first-order valence-corrected chi connectivity index (χ1v) is 10.1. The summed E-state index contributed by atoms with van der Waals surface area (Å²) < 4.78 is 11.6. The second-order valence-electron chi connectivity index (χ2n) is 7.00. The van der Waals surface area contributed by atoms with Crippen LogP contribution in [0.15, 0.2) is 40.9 Å². The average molecular weight is 462 g/mol. The molecule has 7 nitrogen and oxygen atoms in total. The quantitative estimate of drug-likeness (QED) is 0.662. The van der Waals surface area contributed by atoms with Crippen LogP contribution < -0.4 is 20.1 Å². The Morgan fingerprint density at radius 1 is 1.17 bits per heavy atom. The van der Waals surface area contributed by atoms with Gasteiger partial charge in [0.25, 0.3) is 0 Å². The number of aryl methyl sites for hydroxylation is 1. The molecular formula is C21H24BrN3O4. The molecule has 1 aliphatic heterocycles. The van der Waals surface area contributed by atoms with Gasteiger partial charge in [-0.3, -0.25) is 14.5 Å². The minimum atomic E-state index is -0.458. The van der Waals surface area contributed by atoms with Crippen LogP contribution in [0.3, 0.4) is 0 Å². The Labute approximate surface area is 178 Å². The van der Waals surface area contributed by atoms with Gasteiger partial charge >= 0.3 is 0 Å². The molecular weight excluding hydrogens is 438 g/mol. The molecule has 0 saturated carbocycles. The van der Waals surface area contributed by atoms with Crippen molar-refractivity contribution in [3.05, 3.63) is 52.0 Å². The highest BCUT2D eigenvalue weighted by atomic mass is 79.9. The molecule has 0 bridgehead atoms. The summed E-state index contributed by atoms with van der Waals surface area (Å²) in [7, 11) is 1.75. The Morgan fingerprint density at radius 3 is 2.69 bits per heavy atom. The van der Waals surface area contributed by atoms with E-state index in [1.165, 1.54) is 0 Å². The summed E-state index contributed by atoms with van der Waals surface area (Å²) in [5, 5.41) is 5.78. The van der Waals surface area contributed by atoms with Crippen molar-refractivity contribution in [2.75, 3.05) is 25.7 Å². The van der Waals surface area contributed by atoms with Gasteiger partial charge in [-0.1, -0.05) is 22.0 Å². The third-order valence-corrected chi connectivity index (χ3v) is 5.29. The predicted octanol–water partition coefficient (Wildman–Crippen LogP) is 3.06. The van der Waals surface area contributed by atoms with E-state index in [1.807, 2.05) is 43.3 Å². The van der Waals surface area contributed by atoms with E-state index in [9.17, 15) is 9.59 Å². The van der Waals surface area contributed by atoms with Gasteiger partial charge in [0.05, 0.1) is 12.6 Å². The van der Waals surface area contributed by atoms with Crippen LogP contribution >= 0.6 is 15.9 Å². The van der Waals surface area contributed by atoms with E-state index in [2.05, 4.69) is 26.6 Å². The molecule has 1 heterocycles. The van der Waals surface area contributed by atoms with Crippen LogP contribution in [-0.4, -0.2) is 43.1 Å². The summed E-state index contributed by atoms with van der Waals surface area (Å²) in [4.78, 5) is 26.5. The summed E-state index contributed by atoms with van der Waals surface area (Å²) in [6.45, 7) is 4.39. The molecule has 2 N–H and O–H groups in total. The number of fused-ring (bicyclic) bond motifs is 1. The van der Waals surface area contributed by atoms with Crippen LogP contribution in [0.4, 0.5) is 5.69 Å². The van der Waals surface area contributed by atoms with Crippen molar-refractivity contribution in [3.63, 3.8) is 0 Å². The lowest BCUT2D eigenvalue weighted by Crippen LogP contribution is -2.45. The number of ether oxygens (including phenoxy) is 2. The zero-order valence-electron chi connectivity index (χ0n) is 16.6. The van der Waals surface area contributed by atoms with Crippen molar-refractivity contribution >= 4 is 33.4 Å². The lowest BCUT2D eigenvalue weighted by atomic mass is 10.2. The van der Waals surface area contributed by atoms with Crippen molar-refractivity contribution in [1.29, 1.82) is 0 Å². The topological polar surface area (TPSA) is 79.9 Å². The Kier molecular flexibility index (Phi) is 6.76. The Morgan fingerprint density at radius 2 is 1.93 bits per heavy atom. The van der Waals surface area contributed by atoms with Gasteiger partial charge in [0.15, 0.2) is 11.5 Å². The van der Waals surface area contributed by atoms with E-state index in [1.54, 1.807) is 18.9 Å². The molecule has 8 heteroatoms. The minimum Gasteiger partial charge on any atom is -0.454 e. The van der Waals surface area contributed by atoms with Gasteiger partial charge < -0.3 is 20.1 Å². The van der Waals surface area contributed by atoms with E-state index in [-0.39, 0.29) is 25.2 Å². The van der Waals surface area contributed by atoms with Gasteiger partial charge in [-0.25, -0.2) is 0 Å². The highest BCUT2D eigenvalue weighted by molar-refractivity contribution is 9.10. The number of nitrogens with zero attached hydrogens (tertiary/aromatic N) is 1. The SMILES string of the molecule is Cc1cc(Br)ccc1NC(=O)CN(C)C(C)C(=O)NCc1ccc2c(c1)OCO2. The van der Waals surface area contributed by atoms with E-state index < -0.39 is 6.04 Å². The van der Waals surface area contributed by atoms with Crippen LogP contribution in [0.25, 0.3) is 0 Å². The van der Waals surface area contributed by atoms with Gasteiger partial charge in [-0.05, 0) is 62.4 Å². The van der Waals surface area contributed by atoms with Crippen LogP contribution in [0, 0.1) is 6.92 Å². The summed E-state index contributed by atoms with van der Waals surface area (Å²) >= 11 is 3.41. The number of rotatable bonds is 7. The largest absolute Gasteiger partial charge is 0.454 e. The van der Waals surface area contributed by atoms with E-state index in [0.717, 1.165) is 21.3 Å². The second-order valence-corrected chi connectivity index (χ2v) is 7.92. The number of nitrogens with one attached hydrogen (secondary N) is 2. The lowest BCUT2D eigenvalue weighted by molar-refractivity contribution is -0.126. The van der Waals surface area contributed by atoms with E-state index in [0.29, 0.717) is 18.0 Å². The summed E-state index contributed by atoms with van der Waals surface area (Å²) in [5.41, 5.74) is 2.64. The van der Waals surface area contributed by atoms with Crippen LogP contribution in [0.1, 0.15) is 18.1 Å². The van der Waals surface area contributed by atoms with E-state index in [4.69, 9.17) is 9.47 Å². The monoisotopic (exact) mass is 461 g/mol. The van der Waals surface area contributed by atoms with Gasteiger partial charge in [0.2, 0.25) is 18.6 Å². The fourth-order valence-corrected chi connectivity index (χ4v) is 3.38. The smallest absolute Gasteiger partial charge is 0.238 e. The molecule has 0 fully saturated rings. The third-order valence-electron chi connectivity index (χ3n) is 4.80. The zero-order valence-corrected chi connectivity index (χ0v) is 18.2. The van der Waals surface area contributed by atoms with Crippen molar-refractivity contribution in [2.24, 2.45) is 0 Å². The third kappa shape index (κ3) is 5.48. The molecule has 2 aromatic rings. The Balaban J connectivity index is 1.49. The lowest BCUT2D eigenvalue weighted by Gasteiger charge is -2.23. The molecule has 3 rings (SSSR count). The van der Waals surface area contributed by atoms with Crippen molar-refractivity contribution in [3.8, 4) is 11.5 Å². The molecule has 2 aromatic carbocycles. The molecule has 1 unspecified atom stereocenters. The summed E-state index contributed by atoms with van der Waals surface area (Å²) in [5.74, 6) is 1.06. The van der Waals surface area contributed by atoms with Gasteiger partial charge in [0, 0.05) is 16.7 Å². The number of carbonyl (C=O) groups excluding carboxylic acids is 2. The number of hydrogen-bond acceptors (Lipinski definition) is 5. The molecule has 0 aromatic heterocycles. The normalized spacial score (nSPS) is 13.3. The molecule has 1 aliphatic rings. The molecule has 0 aliphatic carbocycles. The second kappa shape index (κ2) is 9.28. The van der Waals surface area contributed by atoms with Crippen LogP contribution in [-0.2, 0) is 16.1 Å². The fraction of sp³-hybridized carbons (Fsp3) is 0.333. The maximum atomic E-state index is 12.5. The number of amides is 2. The molecule has 2 amide bonds. The molecule has 0 spiro atoms. The Bertz CT molecular complexity index is 919. The number of hydrogen-bond donors (Lipinski definition) is 2. The van der Waals surface area contributed by atoms with Crippen LogP contribution in [0.2, 0.25) is 0 Å². The molecule has 29 heavy (non-hydrogen) atoms. The van der Waals surface area contributed by atoms with Crippen LogP contribution in [0.5, 0.6) is 11.5 Å². The molecule has 0 radical (unpaired) electrons. The number of likely N-dealkylation sites (N-methyl/N-ethyl adjacent to an activating group) is 1. The first-order valence-electron chi connectivity index (χ1n) is 9.26. The number of halogens is 1. The fourth-order valence-electron chi connectivity index (χ4n) is 2.91. The maximum absolute atomic E-state index is 12.5. The summed E-state index contributed by atoms with van der Waals surface area (Å²) in [6.07, 6.45) is 0. The molecule has 1 atom stereocenters. The first-order chi connectivity index (χ1) is 13.8. The highest BCUT2D eigenvalue weighted by Crippen LogP contribution is 2.32. The zero-order chi connectivity index (χ0) is 21.0. The number of anilines is 1. The minimum absolute atomic E-state index is 0.105. The average Bonchev–Trinajstić information content (AvgIpc) is 3.15. The number of benzene rings is 2. The first kappa shape index (κ1) is 21.1. The number of carbonyl (C=O) groups is 2.